The van der Waals surface area contributed by atoms with Crippen molar-refractivity contribution in [1.29, 1.82) is 0 Å². The number of rotatable bonds is 7. The molecule has 1 aliphatic carbocycles. The number of hydrogen-bond acceptors (Lipinski definition) is 8. The predicted molar refractivity (Wildman–Crippen MR) is 112 cm³/mol. The van der Waals surface area contributed by atoms with Crippen molar-refractivity contribution in [3.05, 3.63) is 60.4 Å². The van der Waals surface area contributed by atoms with Crippen LogP contribution in [0.5, 0.6) is 5.88 Å². The molecule has 0 amide bonds. The van der Waals surface area contributed by atoms with Crippen LogP contribution in [-0.2, 0) is 6.54 Å². The lowest BCUT2D eigenvalue weighted by molar-refractivity contribution is 0.386. The maximum atomic E-state index is 9.00. The van der Waals surface area contributed by atoms with Crippen molar-refractivity contribution in [1.82, 2.24) is 24.3 Å². The van der Waals surface area contributed by atoms with Crippen LogP contribution in [0.2, 0.25) is 0 Å². The molecule has 4 heterocycles. The molecule has 0 unspecified atom stereocenters. The molecule has 4 aromatic rings. The second kappa shape index (κ2) is 7.60. The van der Waals surface area contributed by atoms with E-state index in [0.717, 1.165) is 22.5 Å². The van der Waals surface area contributed by atoms with Crippen LogP contribution in [0.4, 0.5) is 11.6 Å². The third kappa shape index (κ3) is 3.50. The third-order valence-corrected chi connectivity index (χ3v) is 5.16. The van der Waals surface area contributed by atoms with E-state index in [2.05, 4.69) is 36.9 Å². The normalized spacial score (nSPS) is 13.4. The third-order valence-electron chi connectivity index (χ3n) is 5.16. The molecular formula is C21H21N7O2. The molecular weight excluding hydrogens is 382 g/mol. The molecule has 9 nitrogen and oxygen atoms in total. The Morgan fingerprint density at radius 2 is 2.00 bits per heavy atom. The lowest BCUT2D eigenvalue weighted by atomic mass is 10.0. The van der Waals surface area contributed by atoms with E-state index >= 15 is 0 Å². The summed E-state index contributed by atoms with van der Waals surface area (Å²) in [4.78, 5) is 17.3. The largest absolute Gasteiger partial charge is 0.481 e. The summed E-state index contributed by atoms with van der Waals surface area (Å²) in [7, 11) is 1.63. The molecule has 152 valence electrons. The number of imidazole rings is 1. The molecule has 4 aromatic heterocycles. The number of methoxy groups -OCH3 is 1. The molecule has 0 bridgehead atoms. The van der Waals surface area contributed by atoms with Gasteiger partial charge < -0.3 is 14.5 Å². The van der Waals surface area contributed by atoms with E-state index in [1.165, 1.54) is 24.7 Å². The van der Waals surface area contributed by atoms with E-state index in [-0.39, 0.29) is 0 Å². The van der Waals surface area contributed by atoms with Crippen LogP contribution in [0.3, 0.4) is 0 Å². The molecule has 1 fully saturated rings. The van der Waals surface area contributed by atoms with Crippen LogP contribution in [0.1, 0.15) is 30.0 Å². The summed E-state index contributed by atoms with van der Waals surface area (Å²) in [5, 5.41) is 12.2. The Labute approximate surface area is 172 Å². The highest BCUT2D eigenvalue weighted by Gasteiger charge is 2.26. The van der Waals surface area contributed by atoms with Crippen LogP contribution in [0, 0.1) is 0 Å². The van der Waals surface area contributed by atoms with Gasteiger partial charge in [-0.15, -0.1) is 0 Å². The highest BCUT2D eigenvalue weighted by atomic mass is 16.5. The molecule has 0 aromatic carbocycles. The van der Waals surface area contributed by atoms with Gasteiger partial charge in [0, 0.05) is 35.8 Å². The maximum absolute atomic E-state index is 9.00. The van der Waals surface area contributed by atoms with Gasteiger partial charge in [0.2, 0.25) is 5.88 Å². The standard InChI is InChI=1S/C21H21N7O2/c1-30-21-16(3-2-6-22-21)17-7-14(13-4-5-13)10-28-11-15(26-20(17)28)9-23-18-8-19(27-29)25-12-24-18/h2-3,6-8,10-13,29H,4-5,9H2,1H3,(H2,23,24,25,27). The summed E-state index contributed by atoms with van der Waals surface area (Å²) in [5.41, 5.74) is 6.96. The first-order valence-electron chi connectivity index (χ1n) is 9.72. The summed E-state index contributed by atoms with van der Waals surface area (Å²) >= 11 is 0. The van der Waals surface area contributed by atoms with Crippen LogP contribution in [0.25, 0.3) is 16.8 Å². The van der Waals surface area contributed by atoms with Crippen LogP contribution in [-0.4, -0.2) is 36.7 Å². The molecule has 5 rings (SSSR count). The smallest absolute Gasteiger partial charge is 0.221 e. The topological polar surface area (TPSA) is 109 Å². The fraction of sp³-hybridized carbons (Fsp3) is 0.238. The van der Waals surface area contributed by atoms with Crippen molar-refractivity contribution in [3.8, 4) is 17.0 Å². The SMILES string of the molecule is COc1ncccc1-c1cc(C2CC2)cn2cc(CNc3cc(NO)ncn3)nc12. The Balaban J connectivity index is 1.52. The van der Waals surface area contributed by atoms with Gasteiger partial charge in [0.15, 0.2) is 5.82 Å². The summed E-state index contributed by atoms with van der Waals surface area (Å²) in [6.45, 7) is 0.478. The number of nitrogens with zero attached hydrogens (tertiary/aromatic N) is 5. The first kappa shape index (κ1) is 18.3. The number of pyridine rings is 2. The van der Waals surface area contributed by atoms with Gasteiger partial charge in [-0.3, -0.25) is 10.7 Å². The van der Waals surface area contributed by atoms with Gasteiger partial charge >= 0.3 is 0 Å². The second-order valence-corrected chi connectivity index (χ2v) is 7.24. The lowest BCUT2D eigenvalue weighted by Gasteiger charge is -2.10. The molecule has 0 saturated heterocycles. The number of ether oxygens (including phenoxy) is 1. The molecule has 3 N–H and O–H groups in total. The van der Waals surface area contributed by atoms with Gasteiger partial charge in [0.05, 0.1) is 19.3 Å². The van der Waals surface area contributed by atoms with Crippen molar-refractivity contribution in [2.75, 3.05) is 17.9 Å². The van der Waals surface area contributed by atoms with Crippen LogP contribution >= 0.6 is 0 Å². The van der Waals surface area contributed by atoms with E-state index in [4.69, 9.17) is 14.9 Å². The second-order valence-electron chi connectivity index (χ2n) is 7.24. The number of nitrogens with one attached hydrogen (secondary N) is 2. The highest BCUT2D eigenvalue weighted by molar-refractivity contribution is 5.81. The highest BCUT2D eigenvalue weighted by Crippen LogP contribution is 2.42. The minimum Gasteiger partial charge on any atom is -0.481 e. The van der Waals surface area contributed by atoms with E-state index in [0.29, 0.717) is 30.0 Å². The minimum absolute atomic E-state index is 0.322. The number of fused-ring (bicyclic) bond motifs is 1. The molecule has 1 saturated carbocycles. The monoisotopic (exact) mass is 403 g/mol. The van der Waals surface area contributed by atoms with Gasteiger partial charge in [-0.25, -0.2) is 19.9 Å². The average Bonchev–Trinajstić information content (AvgIpc) is 3.56. The van der Waals surface area contributed by atoms with Gasteiger partial charge in [0.1, 0.15) is 17.8 Å². The number of aromatic nitrogens is 5. The average molecular weight is 403 g/mol. The quantitative estimate of drug-likeness (QED) is 0.402. The summed E-state index contributed by atoms with van der Waals surface area (Å²) in [5.74, 6) is 2.10. The summed E-state index contributed by atoms with van der Waals surface area (Å²) in [6.07, 6.45) is 9.71. The van der Waals surface area contributed by atoms with Crippen LogP contribution < -0.4 is 15.5 Å². The van der Waals surface area contributed by atoms with Crippen molar-refractivity contribution < 1.29 is 9.94 Å². The lowest BCUT2D eigenvalue weighted by Crippen LogP contribution is -2.03. The van der Waals surface area contributed by atoms with E-state index in [9.17, 15) is 0 Å². The Hall–Kier alpha value is -3.72. The minimum atomic E-state index is 0.322. The zero-order chi connectivity index (χ0) is 20.5. The predicted octanol–water partition coefficient (Wildman–Crippen LogP) is 3.49. The van der Waals surface area contributed by atoms with E-state index < -0.39 is 0 Å². The fourth-order valence-electron chi connectivity index (χ4n) is 3.55. The van der Waals surface area contributed by atoms with Crippen molar-refractivity contribution in [2.24, 2.45) is 0 Å². The summed E-state index contributed by atoms with van der Waals surface area (Å²) in [6, 6.07) is 7.74. The first-order chi connectivity index (χ1) is 14.7. The Morgan fingerprint density at radius 1 is 1.13 bits per heavy atom. The Kier molecular flexibility index (Phi) is 4.64. The van der Waals surface area contributed by atoms with E-state index in [1.54, 1.807) is 19.4 Å². The van der Waals surface area contributed by atoms with Crippen LogP contribution in [0.15, 0.2) is 49.2 Å². The maximum Gasteiger partial charge on any atom is 0.221 e. The van der Waals surface area contributed by atoms with Gasteiger partial charge in [-0.1, -0.05) is 0 Å². The Morgan fingerprint density at radius 3 is 2.80 bits per heavy atom. The molecule has 0 atom stereocenters. The summed E-state index contributed by atoms with van der Waals surface area (Å²) < 4.78 is 7.57. The van der Waals surface area contributed by atoms with Gasteiger partial charge in [-0.2, -0.15) is 0 Å². The number of hydrogen-bond donors (Lipinski definition) is 3. The molecule has 9 heteroatoms. The van der Waals surface area contributed by atoms with Gasteiger partial charge in [-0.05, 0) is 42.5 Å². The molecule has 30 heavy (non-hydrogen) atoms. The molecule has 0 radical (unpaired) electrons. The molecule has 0 spiro atoms. The first-order valence-corrected chi connectivity index (χ1v) is 9.72. The number of anilines is 2. The van der Waals surface area contributed by atoms with Crippen molar-refractivity contribution in [2.45, 2.75) is 25.3 Å². The van der Waals surface area contributed by atoms with E-state index in [1.807, 2.05) is 23.8 Å². The molecule has 1 aliphatic rings. The fourth-order valence-corrected chi connectivity index (χ4v) is 3.55. The zero-order valence-electron chi connectivity index (χ0n) is 16.4. The Bertz CT molecular complexity index is 1200. The van der Waals surface area contributed by atoms with Gasteiger partial charge in [0.25, 0.3) is 0 Å². The molecule has 0 aliphatic heterocycles. The zero-order valence-corrected chi connectivity index (χ0v) is 16.4. The van der Waals surface area contributed by atoms with Crippen molar-refractivity contribution in [3.63, 3.8) is 0 Å². The van der Waals surface area contributed by atoms with Crippen molar-refractivity contribution >= 4 is 17.3 Å².